The minimum atomic E-state index is 0.383. The Morgan fingerprint density at radius 3 is 2.65 bits per heavy atom. The molecular formula is C14H29N3. The monoisotopic (exact) mass is 239 g/mol. The summed E-state index contributed by atoms with van der Waals surface area (Å²) in [5, 5.41) is 3.76. The van der Waals surface area contributed by atoms with Gasteiger partial charge in [-0.1, -0.05) is 13.8 Å². The number of hydrogen-bond acceptors (Lipinski definition) is 3. The lowest BCUT2D eigenvalue weighted by Gasteiger charge is -2.48. The number of nitrogens with one attached hydrogen (secondary N) is 1. The third-order valence-corrected chi connectivity index (χ3v) is 4.87. The van der Waals surface area contributed by atoms with Gasteiger partial charge in [-0.25, -0.2) is 0 Å². The summed E-state index contributed by atoms with van der Waals surface area (Å²) in [6.07, 6.45) is 5.27. The Balaban J connectivity index is 1.96. The average Bonchev–Trinajstić information content (AvgIpc) is 2.39. The summed E-state index contributed by atoms with van der Waals surface area (Å²) in [4.78, 5) is 5.24. The van der Waals surface area contributed by atoms with Gasteiger partial charge in [-0.15, -0.1) is 0 Å². The van der Waals surface area contributed by atoms with E-state index in [9.17, 15) is 0 Å². The fraction of sp³-hybridized carbons (Fsp3) is 1.00. The van der Waals surface area contributed by atoms with Gasteiger partial charge in [0, 0.05) is 37.8 Å². The van der Waals surface area contributed by atoms with Crippen LogP contribution in [0.15, 0.2) is 0 Å². The second kappa shape index (κ2) is 5.68. The van der Waals surface area contributed by atoms with Crippen LogP contribution in [0.5, 0.6) is 0 Å². The molecule has 0 aliphatic carbocycles. The van der Waals surface area contributed by atoms with E-state index in [1.54, 1.807) is 0 Å². The van der Waals surface area contributed by atoms with Crippen molar-refractivity contribution in [1.82, 2.24) is 15.1 Å². The van der Waals surface area contributed by atoms with E-state index in [-0.39, 0.29) is 0 Å². The number of rotatable bonds is 3. The van der Waals surface area contributed by atoms with Crippen molar-refractivity contribution in [1.29, 1.82) is 0 Å². The number of nitrogens with zero attached hydrogens (tertiary/aromatic N) is 2. The Bertz CT molecular complexity index is 238. The highest BCUT2D eigenvalue weighted by atomic mass is 15.3. The van der Waals surface area contributed by atoms with Gasteiger partial charge in [0.15, 0.2) is 0 Å². The van der Waals surface area contributed by atoms with Gasteiger partial charge in [0.2, 0.25) is 0 Å². The Morgan fingerprint density at radius 1 is 1.24 bits per heavy atom. The lowest BCUT2D eigenvalue weighted by atomic mass is 9.88. The van der Waals surface area contributed by atoms with Crippen molar-refractivity contribution in [3.05, 3.63) is 0 Å². The van der Waals surface area contributed by atoms with Crippen molar-refractivity contribution in [2.45, 2.75) is 51.1 Å². The predicted molar refractivity (Wildman–Crippen MR) is 73.4 cm³/mol. The summed E-state index contributed by atoms with van der Waals surface area (Å²) < 4.78 is 0. The smallest absolute Gasteiger partial charge is 0.0304 e. The first-order valence-corrected chi connectivity index (χ1v) is 7.37. The maximum atomic E-state index is 3.76. The van der Waals surface area contributed by atoms with Crippen LogP contribution in [0.2, 0.25) is 0 Å². The molecule has 1 N–H and O–H groups in total. The fourth-order valence-electron chi connectivity index (χ4n) is 3.46. The third kappa shape index (κ3) is 3.01. The minimum absolute atomic E-state index is 0.383. The molecule has 0 spiro atoms. The summed E-state index contributed by atoms with van der Waals surface area (Å²) in [7, 11) is 2.27. The number of piperidine rings is 1. The van der Waals surface area contributed by atoms with Gasteiger partial charge < -0.3 is 10.2 Å². The molecule has 0 saturated carbocycles. The van der Waals surface area contributed by atoms with Crippen LogP contribution in [0.1, 0.15) is 39.5 Å². The molecule has 0 aromatic heterocycles. The van der Waals surface area contributed by atoms with Crippen molar-refractivity contribution in [2.24, 2.45) is 0 Å². The zero-order valence-electron chi connectivity index (χ0n) is 11.8. The first-order valence-electron chi connectivity index (χ1n) is 7.37. The van der Waals surface area contributed by atoms with E-state index >= 15 is 0 Å². The molecule has 2 fully saturated rings. The molecule has 2 saturated heterocycles. The Kier molecular flexibility index (Phi) is 4.45. The molecule has 0 aromatic rings. The van der Waals surface area contributed by atoms with E-state index < -0.39 is 0 Å². The van der Waals surface area contributed by atoms with Crippen LogP contribution in [-0.4, -0.2) is 61.2 Å². The zero-order valence-corrected chi connectivity index (χ0v) is 11.8. The van der Waals surface area contributed by atoms with Crippen molar-refractivity contribution in [3.63, 3.8) is 0 Å². The highest BCUT2D eigenvalue weighted by molar-refractivity contribution is 4.95. The maximum Gasteiger partial charge on any atom is 0.0304 e. The van der Waals surface area contributed by atoms with Crippen molar-refractivity contribution < 1.29 is 0 Å². The largest absolute Gasteiger partial charge is 0.309 e. The van der Waals surface area contributed by atoms with Crippen molar-refractivity contribution in [2.75, 3.05) is 39.8 Å². The SMILES string of the molecule is CCC1(CC)CN(C2CCCN(C)C2)CCN1. The molecule has 100 valence electrons. The third-order valence-electron chi connectivity index (χ3n) is 4.87. The molecule has 2 heterocycles. The summed E-state index contributed by atoms with van der Waals surface area (Å²) in [5.41, 5.74) is 0.383. The molecule has 0 radical (unpaired) electrons. The number of piperazine rings is 1. The molecule has 1 atom stereocenters. The van der Waals surface area contributed by atoms with Gasteiger partial charge in [0.25, 0.3) is 0 Å². The van der Waals surface area contributed by atoms with Gasteiger partial charge in [-0.3, -0.25) is 4.90 Å². The second-order valence-corrected chi connectivity index (χ2v) is 5.94. The fourth-order valence-corrected chi connectivity index (χ4v) is 3.46. The molecule has 17 heavy (non-hydrogen) atoms. The molecule has 2 aliphatic heterocycles. The summed E-state index contributed by atoms with van der Waals surface area (Å²) in [6, 6.07) is 0.799. The highest BCUT2D eigenvalue weighted by Crippen LogP contribution is 2.24. The molecule has 2 rings (SSSR count). The van der Waals surface area contributed by atoms with Crippen LogP contribution in [-0.2, 0) is 0 Å². The summed E-state index contributed by atoms with van der Waals surface area (Å²) in [6.45, 7) is 10.9. The number of likely N-dealkylation sites (N-methyl/N-ethyl adjacent to an activating group) is 1. The zero-order chi connectivity index (χ0) is 12.3. The normalized spacial score (nSPS) is 31.6. The summed E-state index contributed by atoms with van der Waals surface area (Å²) in [5.74, 6) is 0. The first-order chi connectivity index (χ1) is 8.19. The number of hydrogen-bond donors (Lipinski definition) is 1. The standard InChI is InChI=1S/C14H29N3/c1-4-14(5-2)12-17(10-8-15-14)13-7-6-9-16(3)11-13/h13,15H,4-12H2,1-3H3. The van der Waals surface area contributed by atoms with Crippen LogP contribution in [0, 0.1) is 0 Å². The summed E-state index contributed by atoms with van der Waals surface area (Å²) >= 11 is 0. The van der Waals surface area contributed by atoms with E-state index in [1.807, 2.05) is 0 Å². The van der Waals surface area contributed by atoms with Crippen molar-refractivity contribution >= 4 is 0 Å². The molecular weight excluding hydrogens is 210 g/mol. The molecule has 1 unspecified atom stereocenters. The van der Waals surface area contributed by atoms with Crippen molar-refractivity contribution in [3.8, 4) is 0 Å². The van der Waals surface area contributed by atoms with Gasteiger partial charge >= 0.3 is 0 Å². The Hall–Kier alpha value is -0.120. The lowest BCUT2D eigenvalue weighted by Crippen LogP contribution is -2.63. The molecule has 3 nitrogen and oxygen atoms in total. The van der Waals surface area contributed by atoms with E-state index in [0.29, 0.717) is 5.54 Å². The van der Waals surface area contributed by atoms with Gasteiger partial charge in [0.05, 0.1) is 0 Å². The van der Waals surface area contributed by atoms with Crippen LogP contribution in [0.4, 0.5) is 0 Å². The van der Waals surface area contributed by atoms with Crippen LogP contribution < -0.4 is 5.32 Å². The molecule has 0 bridgehead atoms. The van der Waals surface area contributed by atoms with Crippen LogP contribution >= 0.6 is 0 Å². The number of likely N-dealkylation sites (tertiary alicyclic amines) is 1. The van der Waals surface area contributed by atoms with Crippen LogP contribution in [0.25, 0.3) is 0 Å². The minimum Gasteiger partial charge on any atom is -0.309 e. The predicted octanol–water partition coefficient (Wildman–Crippen LogP) is 1.54. The first kappa shape index (κ1) is 13.3. The van der Waals surface area contributed by atoms with Gasteiger partial charge in [0.1, 0.15) is 0 Å². The van der Waals surface area contributed by atoms with E-state index in [2.05, 4.69) is 36.0 Å². The molecule has 0 aromatic carbocycles. The van der Waals surface area contributed by atoms with E-state index in [4.69, 9.17) is 0 Å². The Labute approximate surface area is 107 Å². The van der Waals surface area contributed by atoms with E-state index in [0.717, 1.165) is 6.04 Å². The quantitative estimate of drug-likeness (QED) is 0.806. The lowest BCUT2D eigenvalue weighted by molar-refractivity contribution is 0.0505. The second-order valence-electron chi connectivity index (χ2n) is 5.94. The van der Waals surface area contributed by atoms with Gasteiger partial charge in [-0.2, -0.15) is 0 Å². The van der Waals surface area contributed by atoms with Crippen LogP contribution in [0.3, 0.4) is 0 Å². The molecule has 0 amide bonds. The Morgan fingerprint density at radius 2 is 2.00 bits per heavy atom. The topological polar surface area (TPSA) is 18.5 Å². The maximum absolute atomic E-state index is 3.76. The molecule has 3 heteroatoms. The van der Waals surface area contributed by atoms with Gasteiger partial charge in [-0.05, 0) is 39.3 Å². The highest BCUT2D eigenvalue weighted by Gasteiger charge is 2.35. The average molecular weight is 239 g/mol. The molecule has 2 aliphatic rings. The van der Waals surface area contributed by atoms with E-state index in [1.165, 1.54) is 58.4 Å².